The first kappa shape index (κ1) is 12.2. The second-order valence-electron chi connectivity index (χ2n) is 11.9. The van der Waals surface area contributed by atoms with E-state index in [-0.39, 0.29) is 0 Å². The van der Waals surface area contributed by atoms with Crippen molar-refractivity contribution in [3.8, 4) is 0 Å². The van der Waals surface area contributed by atoms with Gasteiger partial charge >= 0.3 is 0 Å². The molecule has 0 aromatic rings. The van der Waals surface area contributed by atoms with Gasteiger partial charge in [-0.15, -0.1) is 0 Å². The van der Waals surface area contributed by atoms with E-state index in [1.54, 1.807) is 44.9 Å². The molecule has 0 heterocycles. The predicted molar refractivity (Wildman–Crippen MR) is 90.4 cm³/mol. The van der Waals surface area contributed by atoms with Gasteiger partial charge in [-0.3, -0.25) is 0 Å². The molecule has 13 unspecified atom stereocenters. The normalized spacial score (nSPS) is 77.2. The first-order valence-electron chi connectivity index (χ1n) is 10.9. The smallest absolute Gasteiger partial charge is 0.0191 e. The highest BCUT2D eigenvalue weighted by atomic mass is 14.8. The van der Waals surface area contributed by atoms with E-state index in [1.165, 1.54) is 41.4 Å². The van der Waals surface area contributed by atoms with Gasteiger partial charge in [-0.2, -0.15) is 0 Å². The largest absolute Gasteiger partial charge is 0.0851 e. The summed E-state index contributed by atoms with van der Waals surface area (Å²) in [5, 5.41) is 0. The third kappa shape index (κ3) is 1.03. The van der Waals surface area contributed by atoms with Crippen molar-refractivity contribution in [1.29, 1.82) is 0 Å². The Kier molecular flexibility index (Phi) is 1.71. The third-order valence-electron chi connectivity index (χ3n) is 11.7. The van der Waals surface area contributed by atoms with Crippen LogP contribution in [0.3, 0.4) is 0 Å². The lowest BCUT2D eigenvalue weighted by Crippen LogP contribution is -2.55. The molecule has 0 aromatic carbocycles. The van der Waals surface area contributed by atoms with Gasteiger partial charge in [-0.1, -0.05) is 19.1 Å². The summed E-state index contributed by atoms with van der Waals surface area (Å²) < 4.78 is 0. The summed E-state index contributed by atoms with van der Waals surface area (Å²) in [6, 6.07) is 0. The molecule has 8 rings (SSSR count). The zero-order valence-electron chi connectivity index (χ0n) is 14.5. The number of rotatable bonds is 0. The number of hydrogen-bond donors (Lipinski definition) is 0. The Hall–Kier alpha value is -0.260. The Labute approximate surface area is 140 Å². The molecule has 0 radical (unpaired) electrons. The lowest BCUT2D eigenvalue weighted by atomic mass is 9.43. The molecule has 23 heavy (non-hydrogen) atoms. The number of hydrogen-bond acceptors (Lipinski definition) is 0. The summed E-state index contributed by atoms with van der Waals surface area (Å²) in [6.07, 6.45) is 16.8. The Bertz CT molecular complexity index is 661. The lowest BCUT2D eigenvalue weighted by Gasteiger charge is -2.61. The molecule has 13 atom stereocenters. The van der Waals surface area contributed by atoms with E-state index in [4.69, 9.17) is 0 Å². The predicted octanol–water partition coefficient (Wildman–Crippen LogP) is 5.15. The molecule has 8 bridgehead atoms. The van der Waals surface area contributed by atoms with E-state index >= 15 is 0 Å². The van der Waals surface area contributed by atoms with Gasteiger partial charge in [0.1, 0.15) is 0 Å². The fraction of sp³-hybridized carbons (Fsp3) is 0.913. The van der Waals surface area contributed by atoms with Crippen LogP contribution in [0, 0.1) is 75.9 Å². The van der Waals surface area contributed by atoms with Crippen molar-refractivity contribution in [2.24, 2.45) is 75.9 Å². The minimum Gasteiger partial charge on any atom is -0.0851 e. The second kappa shape index (κ2) is 3.24. The van der Waals surface area contributed by atoms with Crippen LogP contribution in [0.4, 0.5) is 0 Å². The van der Waals surface area contributed by atoms with Crippen molar-refractivity contribution in [3.63, 3.8) is 0 Å². The quantitative estimate of drug-likeness (QED) is 0.543. The molecular formula is C23H30. The number of fused-ring (bicyclic) bond motifs is 5. The molecule has 7 fully saturated rings. The lowest BCUT2D eigenvalue weighted by molar-refractivity contribution is -0.129. The minimum atomic E-state index is 0.799. The standard InChI is InChI=1S/C23H30/c1-22-8-13-5-14-16-10-23(7-11-2-3-12(4-11)20(16)23)21(14)15-6-18(22)17(9-22)19(13)15/h2-3,11-21H,4-10H2,1H3. The monoisotopic (exact) mass is 306 g/mol. The Balaban J connectivity index is 1.27. The van der Waals surface area contributed by atoms with Crippen LogP contribution in [-0.2, 0) is 0 Å². The van der Waals surface area contributed by atoms with E-state index in [0.717, 1.165) is 34.5 Å². The van der Waals surface area contributed by atoms with E-state index in [0.29, 0.717) is 0 Å². The van der Waals surface area contributed by atoms with Gasteiger partial charge < -0.3 is 0 Å². The summed E-state index contributed by atoms with van der Waals surface area (Å²) >= 11 is 0. The molecule has 122 valence electrons. The van der Waals surface area contributed by atoms with E-state index < -0.39 is 0 Å². The highest BCUT2D eigenvalue weighted by Gasteiger charge is 2.78. The average molecular weight is 306 g/mol. The maximum atomic E-state index is 2.68. The molecule has 0 aliphatic heterocycles. The highest BCUT2D eigenvalue weighted by molar-refractivity contribution is 5.30. The van der Waals surface area contributed by atoms with Crippen LogP contribution in [0.1, 0.15) is 51.9 Å². The summed E-state index contributed by atoms with van der Waals surface area (Å²) in [7, 11) is 0. The van der Waals surface area contributed by atoms with Crippen LogP contribution in [-0.4, -0.2) is 0 Å². The fourth-order valence-corrected chi connectivity index (χ4v) is 11.8. The van der Waals surface area contributed by atoms with E-state index in [1.807, 2.05) is 0 Å². The van der Waals surface area contributed by atoms with Crippen molar-refractivity contribution in [2.75, 3.05) is 0 Å². The molecule has 0 aromatic heterocycles. The zero-order chi connectivity index (χ0) is 14.7. The van der Waals surface area contributed by atoms with Gasteiger partial charge in [0.05, 0.1) is 0 Å². The van der Waals surface area contributed by atoms with E-state index in [9.17, 15) is 0 Å². The summed E-state index contributed by atoms with van der Waals surface area (Å²) in [6.45, 7) is 2.67. The minimum absolute atomic E-state index is 0.799. The van der Waals surface area contributed by atoms with Crippen LogP contribution in [0.2, 0.25) is 0 Å². The number of allylic oxidation sites excluding steroid dienone is 2. The van der Waals surface area contributed by atoms with Crippen molar-refractivity contribution in [3.05, 3.63) is 12.2 Å². The van der Waals surface area contributed by atoms with E-state index in [2.05, 4.69) is 19.1 Å². The molecule has 0 nitrogen and oxygen atoms in total. The Morgan fingerprint density at radius 1 is 0.783 bits per heavy atom. The first-order chi connectivity index (χ1) is 11.2. The van der Waals surface area contributed by atoms with Crippen molar-refractivity contribution < 1.29 is 0 Å². The topological polar surface area (TPSA) is 0 Å². The van der Waals surface area contributed by atoms with Gasteiger partial charge in [0, 0.05) is 0 Å². The molecule has 0 amide bonds. The average Bonchev–Trinajstić information content (AvgIpc) is 3.17. The summed E-state index contributed by atoms with van der Waals surface area (Å²) in [5.74, 6) is 12.6. The maximum absolute atomic E-state index is 2.68. The second-order valence-corrected chi connectivity index (χ2v) is 11.9. The Morgan fingerprint density at radius 2 is 1.74 bits per heavy atom. The van der Waals surface area contributed by atoms with Gasteiger partial charge in [0.15, 0.2) is 0 Å². The highest BCUT2D eigenvalue weighted by Crippen LogP contribution is 2.85. The Morgan fingerprint density at radius 3 is 2.70 bits per heavy atom. The van der Waals surface area contributed by atoms with Crippen LogP contribution in [0.5, 0.6) is 0 Å². The summed E-state index contributed by atoms with van der Waals surface area (Å²) in [5.41, 5.74) is 1.65. The SMILES string of the molecule is CC12CC3CC4C5CC6(CC7C=CC(C7)C56)C4C4CC1C(C2)C34. The van der Waals surface area contributed by atoms with Crippen LogP contribution < -0.4 is 0 Å². The molecule has 7 saturated carbocycles. The zero-order valence-corrected chi connectivity index (χ0v) is 14.5. The molecule has 0 saturated heterocycles. The summed E-state index contributed by atoms with van der Waals surface area (Å²) in [4.78, 5) is 0. The third-order valence-corrected chi connectivity index (χ3v) is 11.7. The van der Waals surface area contributed by atoms with Gasteiger partial charge in [0.2, 0.25) is 0 Å². The molecule has 0 N–H and O–H groups in total. The first-order valence-corrected chi connectivity index (χ1v) is 10.9. The van der Waals surface area contributed by atoms with Crippen molar-refractivity contribution in [2.45, 2.75) is 51.9 Å². The van der Waals surface area contributed by atoms with Gasteiger partial charge in [-0.05, 0) is 121 Å². The van der Waals surface area contributed by atoms with Crippen LogP contribution in [0.15, 0.2) is 12.2 Å². The van der Waals surface area contributed by atoms with Crippen LogP contribution in [0.25, 0.3) is 0 Å². The fourth-order valence-electron chi connectivity index (χ4n) is 11.8. The molecular weight excluding hydrogens is 276 g/mol. The van der Waals surface area contributed by atoms with Crippen molar-refractivity contribution in [1.82, 2.24) is 0 Å². The molecule has 8 aliphatic carbocycles. The molecule has 8 aliphatic rings. The van der Waals surface area contributed by atoms with Gasteiger partial charge in [-0.25, -0.2) is 0 Å². The maximum Gasteiger partial charge on any atom is -0.0191 e. The molecule has 0 heteroatoms. The van der Waals surface area contributed by atoms with Crippen molar-refractivity contribution >= 4 is 0 Å². The van der Waals surface area contributed by atoms with Gasteiger partial charge in [0.25, 0.3) is 0 Å². The molecule has 0 spiro atoms. The van der Waals surface area contributed by atoms with Crippen LogP contribution >= 0.6 is 0 Å².